The standard InChI is InChI=1S/C18H26N2O/c1-4-19-14(3)10-20-8-7-16-15(11-20)12-21-18-9-13(2)5-6-17(16)18/h5-6,9,14,19H,4,7-8,10-12H2,1-3H3. The molecule has 0 aromatic heterocycles. The molecule has 3 heteroatoms. The summed E-state index contributed by atoms with van der Waals surface area (Å²) in [6.45, 7) is 11.7. The van der Waals surface area contributed by atoms with Gasteiger partial charge in [-0.05, 0) is 49.6 Å². The second-order valence-corrected chi connectivity index (χ2v) is 6.31. The van der Waals surface area contributed by atoms with E-state index in [0.717, 1.165) is 45.0 Å². The Bertz CT molecular complexity index is 550. The lowest BCUT2D eigenvalue weighted by molar-refractivity contribution is 0.243. The van der Waals surface area contributed by atoms with Gasteiger partial charge >= 0.3 is 0 Å². The van der Waals surface area contributed by atoms with Crippen molar-refractivity contribution in [3.8, 4) is 5.75 Å². The molecule has 1 aromatic carbocycles. The lowest BCUT2D eigenvalue weighted by Gasteiger charge is -2.35. The number of hydrogen-bond donors (Lipinski definition) is 1. The summed E-state index contributed by atoms with van der Waals surface area (Å²) in [6, 6.07) is 7.14. The summed E-state index contributed by atoms with van der Waals surface area (Å²) >= 11 is 0. The Kier molecular flexibility index (Phi) is 4.32. The summed E-state index contributed by atoms with van der Waals surface area (Å²) in [4.78, 5) is 2.55. The average Bonchev–Trinajstić information content (AvgIpc) is 2.46. The number of likely N-dealkylation sites (N-methyl/N-ethyl adjacent to an activating group) is 1. The fraction of sp³-hybridized carbons (Fsp3) is 0.556. The van der Waals surface area contributed by atoms with E-state index in [4.69, 9.17) is 4.74 Å². The molecule has 0 fully saturated rings. The zero-order valence-corrected chi connectivity index (χ0v) is 13.4. The third kappa shape index (κ3) is 3.14. The lowest BCUT2D eigenvalue weighted by atomic mass is 9.90. The molecule has 2 heterocycles. The Morgan fingerprint density at radius 3 is 3.05 bits per heavy atom. The Hall–Kier alpha value is -1.32. The molecule has 1 atom stereocenters. The summed E-state index contributed by atoms with van der Waals surface area (Å²) in [6.07, 6.45) is 1.15. The van der Waals surface area contributed by atoms with E-state index in [2.05, 4.69) is 49.2 Å². The summed E-state index contributed by atoms with van der Waals surface area (Å²) < 4.78 is 5.97. The van der Waals surface area contributed by atoms with E-state index < -0.39 is 0 Å². The maximum atomic E-state index is 5.97. The van der Waals surface area contributed by atoms with Gasteiger partial charge in [0.25, 0.3) is 0 Å². The monoisotopic (exact) mass is 286 g/mol. The molecule has 0 radical (unpaired) electrons. The van der Waals surface area contributed by atoms with E-state index in [-0.39, 0.29) is 0 Å². The quantitative estimate of drug-likeness (QED) is 0.921. The highest BCUT2D eigenvalue weighted by molar-refractivity contribution is 5.76. The van der Waals surface area contributed by atoms with Gasteiger partial charge in [0.15, 0.2) is 0 Å². The van der Waals surface area contributed by atoms with Crippen molar-refractivity contribution in [1.82, 2.24) is 10.2 Å². The summed E-state index contributed by atoms with van der Waals surface area (Å²) in [5, 5.41) is 3.50. The van der Waals surface area contributed by atoms with Gasteiger partial charge in [0.1, 0.15) is 12.4 Å². The van der Waals surface area contributed by atoms with Crippen molar-refractivity contribution in [1.29, 1.82) is 0 Å². The van der Waals surface area contributed by atoms with Crippen LogP contribution in [-0.4, -0.2) is 43.7 Å². The van der Waals surface area contributed by atoms with Crippen LogP contribution in [0.25, 0.3) is 5.57 Å². The molecule has 2 aliphatic rings. The predicted molar refractivity (Wildman–Crippen MR) is 87.8 cm³/mol. The lowest BCUT2D eigenvalue weighted by Crippen LogP contribution is -2.43. The van der Waals surface area contributed by atoms with E-state index in [9.17, 15) is 0 Å². The largest absolute Gasteiger partial charge is 0.489 e. The highest BCUT2D eigenvalue weighted by atomic mass is 16.5. The van der Waals surface area contributed by atoms with E-state index in [0.29, 0.717) is 6.04 Å². The number of fused-ring (bicyclic) bond motifs is 2. The molecule has 21 heavy (non-hydrogen) atoms. The van der Waals surface area contributed by atoms with Crippen LogP contribution in [0.1, 0.15) is 31.4 Å². The van der Waals surface area contributed by atoms with Crippen molar-refractivity contribution >= 4 is 5.57 Å². The van der Waals surface area contributed by atoms with Gasteiger partial charge in [0.05, 0.1) is 0 Å². The fourth-order valence-electron chi connectivity index (χ4n) is 3.47. The number of aryl methyl sites for hydroxylation is 1. The van der Waals surface area contributed by atoms with E-state index in [1.54, 1.807) is 0 Å². The summed E-state index contributed by atoms with van der Waals surface area (Å²) in [5.41, 5.74) is 5.60. The van der Waals surface area contributed by atoms with Crippen LogP contribution in [0.15, 0.2) is 23.8 Å². The number of benzene rings is 1. The van der Waals surface area contributed by atoms with Crippen LogP contribution >= 0.6 is 0 Å². The van der Waals surface area contributed by atoms with Gasteiger partial charge in [-0.1, -0.05) is 19.1 Å². The van der Waals surface area contributed by atoms with Crippen molar-refractivity contribution < 1.29 is 4.74 Å². The van der Waals surface area contributed by atoms with Gasteiger partial charge in [-0.15, -0.1) is 0 Å². The zero-order valence-electron chi connectivity index (χ0n) is 13.4. The maximum Gasteiger partial charge on any atom is 0.127 e. The molecular formula is C18H26N2O. The minimum atomic E-state index is 0.552. The Morgan fingerprint density at radius 2 is 2.24 bits per heavy atom. The highest BCUT2D eigenvalue weighted by Crippen LogP contribution is 2.37. The highest BCUT2D eigenvalue weighted by Gasteiger charge is 2.26. The molecule has 3 rings (SSSR count). The first kappa shape index (κ1) is 14.6. The normalized spacial score (nSPS) is 19.8. The molecule has 1 aromatic rings. The van der Waals surface area contributed by atoms with Crippen LogP contribution in [0, 0.1) is 6.92 Å². The molecule has 0 amide bonds. The van der Waals surface area contributed by atoms with Crippen molar-refractivity contribution in [3.05, 3.63) is 34.9 Å². The average molecular weight is 286 g/mol. The van der Waals surface area contributed by atoms with Crippen molar-refractivity contribution in [2.75, 3.05) is 32.8 Å². The topological polar surface area (TPSA) is 24.5 Å². The summed E-state index contributed by atoms with van der Waals surface area (Å²) in [5.74, 6) is 1.07. The SMILES string of the molecule is CCNC(C)CN1CCC2=C(COc3cc(C)ccc32)C1. The third-order valence-electron chi connectivity index (χ3n) is 4.47. The second-order valence-electron chi connectivity index (χ2n) is 6.31. The van der Waals surface area contributed by atoms with Crippen LogP contribution in [0.2, 0.25) is 0 Å². The van der Waals surface area contributed by atoms with Gasteiger partial charge in [0, 0.05) is 31.2 Å². The Balaban J connectivity index is 1.74. The minimum Gasteiger partial charge on any atom is -0.489 e. The molecule has 1 unspecified atom stereocenters. The van der Waals surface area contributed by atoms with E-state index in [1.807, 2.05) is 0 Å². The van der Waals surface area contributed by atoms with Gasteiger partial charge in [-0.25, -0.2) is 0 Å². The minimum absolute atomic E-state index is 0.552. The van der Waals surface area contributed by atoms with Gasteiger partial charge in [-0.3, -0.25) is 4.90 Å². The predicted octanol–water partition coefficient (Wildman–Crippen LogP) is 2.84. The first-order valence-corrected chi connectivity index (χ1v) is 8.08. The van der Waals surface area contributed by atoms with Crippen LogP contribution in [-0.2, 0) is 0 Å². The van der Waals surface area contributed by atoms with Gasteiger partial charge in [0.2, 0.25) is 0 Å². The molecule has 0 bridgehead atoms. The maximum absolute atomic E-state index is 5.97. The zero-order chi connectivity index (χ0) is 14.8. The number of hydrogen-bond acceptors (Lipinski definition) is 3. The van der Waals surface area contributed by atoms with E-state index >= 15 is 0 Å². The van der Waals surface area contributed by atoms with Gasteiger partial charge in [-0.2, -0.15) is 0 Å². The molecule has 0 aliphatic carbocycles. The Morgan fingerprint density at radius 1 is 1.38 bits per heavy atom. The molecule has 0 saturated heterocycles. The van der Waals surface area contributed by atoms with Crippen LogP contribution < -0.4 is 10.1 Å². The molecule has 1 N–H and O–H groups in total. The van der Waals surface area contributed by atoms with Crippen LogP contribution in [0.4, 0.5) is 0 Å². The third-order valence-corrected chi connectivity index (χ3v) is 4.47. The molecule has 0 saturated carbocycles. The molecular weight excluding hydrogens is 260 g/mol. The number of rotatable bonds is 4. The first-order valence-electron chi connectivity index (χ1n) is 8.08. The number of nitrogens with one attached hydrogen (secondary N) is 1. The van der Waals surface area contributed by atoms with E-state index in [1.165, 1.54) is 22.3 Å². The number of nitrogens with zero attached hydrogens (tertiary/aromatic N) is 1. The van der Waals surface area contributed by atoms with Crippen molar-refractivity contribution in [2.45, 2.75) is 33.2 Å². The molecule has 3 nitrogen and oxygen atoms in total. The summed E-state index contributed by atoms with van der Waals surface area (Å²) in [7, 11) is 0. The van der Waals surface area contributed by atoms with Gasteiger partial charge < -0.3 is 10.1 Å². The molecule has 0 spiro atoms. The van der Waals surface area contributed by atoms with Crippen molar-refractivity contribution in [2.24, 2.45) is 0 Å². The molecule has 114 valence electrons. The van der Waals surface area contributed by atoms with Crippen LogP contribution in [0.5, 0.6) is 5.75 Å². The smallest absolute Gasteiger partial charge is 0.127 e. The van der Waals surface area contributed by atoms with Crippen molar-refractivity contribution in [3.63, 3.8) is 0 Å². The first-order chi connectivity index (χ1) is 10.2. The Labute approximate surface area is 128 Å². The second kappa shape index (κ2) is 6.20. The molecule has 2 aliphatic heterocycles. The fourth-order valence-corrected chi connectivity index (χ4v) is 3.47. The van der Waals surface area contributed by atoms with Crippen LogP contribution in [0.3, 0.4) is 0 Å². The number of ether oxygens (including phenoxy) is 1.